The van der Waals surface area contributed by atoms with Gasteiger partial charge in [0.2, 0.25) is 0 Å². The summed E-state index contributed by atoms with van der Waals surface area (Å²) in [6.07, 6.45) is 0.348. The van der Waals surface area contributed by atoms with Crippen molar-refractivity contribution in [3.63, 3.8) is 0 Å². The summed E-state index contributed by atoms with van der Waals surface area (Å²) in [7, 11) is 0. The zero-order valence-electron chi connectivity index (χ0n) is 14.4. The van der Waals surface area contributed by atoms with Gasteiger partial charge in [0.15, 0.2) is 11.6 Å². The molecular weight excluding hydrogens is 347 g/mol. The number of anilines is 2. The minimum absolute atomic E-state index is 0.00567. The maximum Gasteiger partial charge on any atom is 0.420 e. The largest absolute Gasteiger partial charge is 0.486 e. The van der Waals surface area contributed by atoms with E-state index in [-0.39, 0.29) is 17.4 Å². The monoisotopic (exact) mass is 364 g/mol. The highest BCUT2D eigenvalue weighted by molar-refractivity contribution is 6.32. The number of ether oxygens (including phenoxy) is 2. The van der Waals surface area contributed by atoms with Crippen molar-refractivity contribution in [3.05, 3.63) is 46.4 Å². The Morgan fingerprint density at radius 1 is 1.40 bits per heavy atom. The van der Waals surface area contributed by atoms with Crippen LogP contribution in [0.5, 0.6) is 5.75 Å². The van der Waals surface area contributed by atoms with Gasteiger partial charge in [-0.2, -0.15) is 0 Å². The third kappa shape index (κ3) is 3.39. The van der Waals surface area contributed by atoms with Gasteiger partial charge >= 0.3 is 6.09 Å². The van der Waals surface area contributed by atoms with E-state index in [1.165, 1.54) is 4.90 Å². The van der Waals surface area contributed by atoms with Crippen molar-refractivity contribution in [2.45, 2.75) is 39.9 Å². The van der Waals surface area contributed by atoms with Crippen molar-refractivity contribution in [2.75, 3.05) is 4.90 Å². The lowest BCUT2D eigenvalue weighted by atomic mass is 10.2. The number of rotatable bonds is 0. The van der Waals surface area contributed by atoms with Crippen LogP contribution in [-0.2, 0) is 11.3 Å². The smallest absolute Gasteiger partial charge is 0.420 e. The molecule has 0 spiro atoms. The zero-order valence-corrected chi connectivity index (χ0v) is 15.1. The molecule has 0 saturated carbocycles. The van der Waals surface area contributed by atoms with Gasteiger partial charge in [-0.05, 0) is 45.4 Å². The van der Waals surface area contributed by atoms with E-state index in [2.05, 4.69) is 4.98 Å². The molecule has 1 amide bonds. The van der Waals surface area contributed by atoms with Gasteiger partial charge in [-0.1, -0.05) is 17.7 Å². The Kier molecular flexibility index (Phi) is 4.33. The average molecular weight is 365 g/mol. The Hall–Kier alpha value is -2.34. The summed E-state index contributed by atoms with van der Waals surface area (Å²) in [6, 6.07) is 5.39. The first-order valence-corrected chi connectivity index (χ1v) is 8.14. The van der Waals surface area contributed by atoms with Crippen LogP contribution in [-0.4, -0.2) is 16.7 Å². The van der Waals surface area contributed by atoms with Crippen LogP contribution in [0.1, 0.15) is 31.9 Å². The van der Waals surface area contributed by atoms with Crippen molar-refractivity contribution in [1.82, 2.24) is 4.98 Å². The number of aromatic nitrogens is 1. The third-order valence-corrected chi connectivity index (χ3v) is 3.97. The number of pyridine rings is 1. The molecule has 0 atom stereocenters. The molecule has 2 aromatic rings. The standard InChI is InChI=1S/C18H18ClFN2O3/c1-10-5-6-14-13(7-10)22(17(23)25-18(2,3)4)16-11(9-24-14)15(19)12(20)8-21-16/h5-8H,9H2,1-4H3. The van der Waals surface area contributed by atoms with Crippen molar-refractivity contribution in [3.8, 4) is 5.75 Å². The Labute approximate surface area is 150 Å². The summed E-state index contributed by atoms with van der Waals surface area (Å²) >= 11 is 6.09. The van der Waals surface area contributed by atoms with E-state index in [1.807, 2.05) is 13.0 Å². The summed E-state index contributed by atoms with van der Waals surface area (Å²) < 4.78 is 25.1. The lowest BCUT2D eigenvalue weighted by Gasteiger charge is -2.27. The lowest BCUT2D eigenvalue weighted by Crippen LogP contribution is -2.34. The number of halogens is 2. The van der Waals surface area contributed by atoms with Gasteiger partial charge in [0.05, 0.1) is 22.5 Å². The molecule has 0 aliphatic carbocycles. The number of hydrogen-bond acceptors (Lipinski definition) is 4. The van der Waals surface area contributed by atoms with Gasteiger partial charge in [-0.3, -0.25) is 0 Å². The Morgan fingerprint density at radius 3 is 2.80 bits per heavy atom. The fourth-order valence-electron chi connectivity index (χ4n) is 2.50. The molecule has 1 aromatic heterocycles. The fraction of sp³-hybridized carbons (Fsp3) is 0.333. The maximum absolute atomic E-state index is 13.8. The molecule has 0 unspecified atom stereocenters. The molecule has 0 radical (unpaired) electrons. The van der Waals surface area contributed by atoms with Crippen LogP contribution in [0.2, 0.25) is 5.02 Å². The van der Waals surface area contributed by atoms with Crippen LogP contribution in [0, 0.1) is 12.7 Å². The molecule has 0 bridgehead atoms. The average Bonchev–Trinajstić information content (AvgIpc) is 2.66. The highest BCUT2D eigenvalue weighted by Crippen LogP contribution is 2.42. The van der Waals surface area contributed by atoms with Crippen molar-refractivity contribution < 1.29 is 18.7 Å². The summed E-state index contributed by atoms with van der Waals surface area (Å²) in [5, 5.41) is -0.122. The highest BCUT2D eigenvalue weighted by Gasteiger charge is 2.33. The Balaban J connectivity index is 2.21. The first-order chi connectivity index (χ1) is 11.7. The van der Waals surface area contributed by atoms with Crippen LogP contribution in [0.25, 0.3) is 0 Å². The molecule has 1 aliphatic rings. The molecule has 5 nitrogen and oxygen atoms in total. The number of carbonyl (C=O) groups is 1. The van der Waals surface area contributed by atoms with Crippen molar-refractivity contribution >= 4 is 29.2 Å². The zero-order chi connectivity index (χ0) is 18.4. The predicted octanol–water partition coefficient (Wildman–Crippen LogP) is 5.15. The quantitative estimate of drug-likeness (QED) is 0.648. The molecule has 132 valence electrons. The van der Waals surface area contributed by atoms with Crippen LogP contribution < -0.4 is 9.64 Å². The van der Waals surface area contributed by atoms with E-state index in [0.717, 1.165) is 11.8 Å². The van der Waals surface area contributed by atoms with E-state index in [0.29, 0.717) is 17.0 Å². The van der Waals surface area contributed by atoms with Crippen LogP contribution in [0.15, 0.2) is 24.4 Å². The van der Waals surface area contributed by atoms with Crippen molar-refractivity contribution in [2.24, 2.45) is 0 Å². The molecule has 7 heteroatoms. The second-order valence-corrected chi connectivity index (χ2v) is 7.18. The molecular formula is C18H18ClFN2O3. The summed E-state index contributed by atoms with van der Waals surface area (Å²) in [4.78, 5) is 18.2. The van der Waals surface area contributed by atoms with E-state index < -0.39 is 17.5 Å². The van der Waals surface area contributed by atoms with E-state index in [1.54, 1.807) is 32.9 Å². The lowest BCUT2D eigenvalue weighted by molar-refractivity contribution is 0.0598. The van der Waals surface area contributed by atoms with E-state index in [9.17, 15) is 9.18 Å². The molecule has 3 rings (SSSR count). The van der Waals surface area contributed by atoms with Gasteiger partial charge in [0.25, 0.3) is 0 Å². The first kappa shape index (κ1) is 17.5. The summed E-state index contributed by atoms with van der Waals surface area (Å²) in [6.45, 7) is 7.19. The van der Waals surface area contributed by atoms with Gasteiger partial charge in [-0.15, -0.1) is 0 Å². The minimum atomic E-state index is -0.710. The van der Waals surface area contributed by atoms with Gasteiger partial charge < -0.3 is 9.47 Å². The second kappa shape index (κ2) is 6.19. The second-order valence-electron chi connectivity index (χ2n) is 6.80. The van der Waals surface area contributed by atoms with Crippen LogP contribution in [0.3, 0.4) is 0 Å². The SMILES string of the molecule is Cc1ccc2c(c1)N(C(=O)OC(C)(C)C)c1ncc(F)c(Cl)c1CO2. The van der Waals surface area contributed by atoms with E-state index in [4.69, 9.17) is 21.1 Å². The van der Waals surface area contributed by atoms with Crippen molar-refractivity contribution in [1.29, 1.82) is 0 Å². The van der Waals surface area contributed by atoms with Crippen LogP contribution in [0.4, 0.5) is 20.7 Å². The van der Waals surface area contributed by atoms with Gasteiger partial charge in [-0.25, -0.2) is 19.1 Å². The molecule has 2 heterocycles. The summed E-state index contributed by atoms with van der Waals surface area (Å²) in [5.74, 6) is -0.00812. The number of amides is 1. The third-order valence-electron chi connectivity index (χ3n) is 3.56. The number of aryl methyl sites for hydroxylation is 1. The van der Waals surface area contributed by atoms with Gasteiger partial charge in [0.1, 0.15) is 18.0 Å². The highest BCUT2D eigenvalue weighted by atomic mass is 35.5. The number of fused-ring (bicyclic) bond motifs is 2. The number of carbonyl (C=O) groups excluding carboxylic acids is 1. The molecule has 25 heavy (non-hydrogen) atoms. The number of hydrogen-bond donors (Lipinski definition) is 0. The summed E-state index contributed by atoms with van der Waals surface area (Å²) in [5.41, 5.74) is 0.982. The minimum Gasteiger partial charge on any atom is -0.486 e. The first-order valence-electron chi connectivity index (χ1n) is 7.77. The molecule has 0 N–H and O–H groups in total. The Morgan fingerprint density at radius 2 is 2.12 bits per heavy atom. The Bertz CT molecular complexity index is 849. The molecule has 1 aromatic carbocycles. The molecule has 0 fully saturated rings. The fourth-order valence-corrected chi connectivity index (χ4v) is 2.68. The van der Waals surface area contributed by atoms with Gasteiger partial charge in [0, 0.05) is 0 Å². The normalized spacial score (nSPS) is 13.4. The van der Waals surface area contributed by atoms with E-state index >= 15 is 0 Å². The number of nitrogens with zero attached hydrogens (tertiary/aromatic N) is 2. The van der Waals surface area contributed by atoms with Crippen LogP contribution >= 0.6 is 11.6 Å². The topological polar surface area (TPSA) is 51.7 Å². The number of benzene rings is 1. The predicted molar refractivity (Wildman–Crippen MR) is 93.1 cm³/mol. The molecule has 0 saturated heterocycles. The molecule has 1 aliphatic heterocycles. The maximum atomic E-state index is 13.8.